The third-order valence-electron chi connectivity index (χ3n) is 5.05. The van der Waals surface area contributed by atoms with Gasteiger partial charge in [0.1, 0.15) is 5.38 Å². The van der Waals surface area contributed by atoms with Gasteiger partial charge in [-0.3, -0.25) is 9.59 Å². The maximum Gasteiger partial charge on any atom is 0.237 e. The summed E-state index contributed by atoms with van der Waals surface area (Å²) >= 11 is 5.77. The molecule has 2 rings (SSSR count). The number of amides is 2. The molecular formula is C17H29ClN2O2. The van der Waals surface area contributed by atoms with Gasteiger partial charge in [-0.05, 0) is 32.1 Å². The highest BCUT2D eigenvalue weighted by Gasteiger charge is 2.25. The van der Waals surface area contributed by atoms with Crippen molar-refractivity contribution in [3.8, 4) is 0 Å². The molecule has 0 aromatic rings. The van der Waals surface area contributed by atoms with Crippen molar-refractivity contribution in [2.45, 2.75) is 76.1 Å². The van der Waals surface area contributed by atoms with Gasteiger partial charge in [-0.2, -0.15) is 0 Å². The standard InChI is InChI=1S/C17H29ClN2O2/c1-13(18)17(22)19-15-9-11-20(12-10-15)16(21)8-7-14-5-3-2-4-6-14/h13-15H,2-12H2,1H3,(H,19,22). The van der Waals surface area contributed by atoms with Gasteiger partial charge in [0.25, 0.3) is 0 Å². The van der Waals surface area contributed by atoms with Crippen LogP contribution in [0.3, 0.4) is 0 Å². The van der Waals surface area contributed by atoms with Crippen molar-refractivity contribution in [1.29, 1.82) is 0 Å². The van der Waals surface area contributed by atoms with Crippen LogP contribution >= 0.6 is 11.6 Å². The highest BCUT2D eigenvalue weighted by atomic mass is 35.5. The largest absolute Gasteiger partial charge is 0.352 e. The van der Waals surface area contributed by atoms with Gasteiger partial charge in [-0.15, -0.1) is 11.6 Å². The first-order valence-electron chi connectivity index (χ1n) is 8.78. The van der Waals surface area contributed by atoms with E-state index in [0.717, 1.165) is 38.3 Å². The van der Waals surface area contributed by atoms with E-state index in [0.29, 0.717) is 12.3 Å². The third kappa shape index (κ3) is 5.45. The Bertz CT molecular complexity index is 373. The molecule has 2 fully saturated rings. The van der Waals surface area contributed by atoms with Crippen LogP contribution in [0.1, 0.15) is 64.7 Å². The number of nitrogens with zero attached hydrogens (tertiary/aromatic N) is 1. The van der Waals surface area contributed by atoms with E-state index in [1.807, 2.05) is 4.90 Å². The number of carbonyl (C=O) groups is 2. The molecule has 1 atom stereocenters. The Labute approximate surface area is 139 Å². The van der Waals surface area contributed by atoms with Crippen molar-refractivity contribution in [1.82, 2.24) is 10.2 Å². The predicted molar refractivity (Wildman–Crippen MR) is 88.9 cm³/mol. The van der Waals surface area contributed by atoms with Crippen LogP contribution in [-0.2, 0) is 9.59 Å². The molecule has 1 heterocycles. The zero-order valence-electron chi connectivity index (χ0n) is 13.7. The van der Waals surface area contributed by atoms with E-state index < -0.39 is 5.38 Å². The summed E-state index contributed by atoms with van der Waals surface area (Å²) in [5.41, 5.74) is 0. The first kappa shape index (κ1) is 17.6. The number of halogens is 1. The summed E-state index contributed by atoms with van der Waals surface area (Å²) in [6.45, 7) is 3.19. The molecule has 1 saturated heterocycles. The fourth-order valence-electron chi connectivity index (χ4n) is 3.55. The lowest BCUT2D eigenvalue weighted by molar-refractivity contribution is -0.132. The van der Waals surface area contributed by atoms with E-state index in [-0.39, 0.29) is 11.9 Å². The van der Waals surface area contributed by atoms with Gasteiger partial charge in [-0.1, -0.05) is 32.1 Å². The molecule has 1 N–H and O–H groups in total. The zero-order valence-corrected chi connectivity index (χ0v) is 14.4. The number of alkyl halides is 1. The Kier molecular flexibility index (Phi) is 7.00. The van der Waals surface area contributed by atoms with Crippen molar-refractivity contribution >= 4 is 23.4 Å². The van der Waals surface area contributed by atoms with Crippen LogP contribution in [0.25, 0.3) is 0 Å². The summed E-state index contributed by atoms with van der Waals surface area (Å²) in [5, 5.41) is 2.46. The number of piperidine rings is 1. The molecule has 1 unspecified atom stereocenters. The molecule has 1 saturated carbocycles. The fraction of sp³-hybridized carbons (Fsp3) is 0.882. The topological polar surface area (TPSA) is 49.4 Å². The molecule has 4 nitrogen and oxygen atoms in total. The Morgan fingerprint density at radius 2 is 1.77 bits per heavy atom. The normalized spacial score (nSPS) is 22.4. The van der Waals surface area contributed by atoms with E-state index in [9.17, 15) is 9.59 Å². The highest BCUT2D eigenvalue weighted by Crippen LogP contribution is 2.27. The number of hydrogen-bond donors (Lipinski definition) is 1. The summed E-state index contributed by atoms with van der Waals surface area (Å²) < 4.78 is 0. The predicted octanol–water partition coefficient (Wildman–Crippen LogP) is 3.08. The lowest BCUT2D eigenvalue weighted by atomic mass is 9.86. The van der Waals surface area contributed by atoms with Crippen LogP contribution in [0, 0.1) is 5.92 Å². The van der Waals surface area contributed by atoms with Crippen LogP contribution < -0.4 is 5.32 Å². The minimum atomic E-state index is -0.491. The Hall–Kier alpha value is -0.770. The van der Waals surface area contributed by atoms with Crippen LogP contribution in [0.15, 0.2) is 0 Å². The monoisotopic (exact) mass is 328 g/mol. The summed E-state index contributed by atoms with van der Waals surface area (Å²) in [6.07, 6.45) is 10.1. The number of likely N-dealkylation sites (tertiary alicyclic amines) is 1. The first-order chi connectivity index (χ1) is 10.6. The molecular weight excluding hydrogens is 300 g/mol. The molecule has 5 heteroatoms. The average Bonchev–Trinajstić information content (AvgIpc) is 2.54. The van der Waals surface area contributed by atoms with E-state index in [4.69, 9.17) is 11.6 Å². The molecule has 126 valence electrons. The van der Waals surface area contributed by atoms with Crippen molar-refractivity contribution in [3.05, 3.63) is 0 Å². The zero-order chi connectivity index (χ0) is 15.9. The maximum atomic E-state index is 12.3. The summed E-state index contributed by atoms with van der Waals surface area (Å²) in [4.78, 5) is 25.8. The molecule has 0 spiro atoms. The van der Waals surface area contributed by atoms with Crippen LogP contribution in [-0.4, -0.2) is 41.2 Å². The minimum absolute atomic E-state index is 0.108. The molecule has 22 heavy (non-hydrogen) atoms. The lowest BCUT2D eigenvalue weighted by Gasteiger charge is -2.33. The summed E-state index contributed by atoms with van der Waals surface area (Å²) in [5.74, 6) is 0.949. The van der Waals surface area contributed by atoms with Crippen LogP contribution in [0.2, 0.25) is 0 Å². The second kappa shape index (κ2) is 8.76. The van der Waals surface area contributed by atoms with Crippen LogP contribution in [0.4, 0.5) is 0 Å². The van der Waals surface area contributed by atoms with Gasteiger partial charge in [0, 0.05) is 25.6 Å². The molecule has 1 aliphatic carbocycles. The molecule has 0 bridgehead atoms. The van der Waals surface area contributed by atoms with Crippen molar-refractivity contribution in [2.75, 3.05) is 13.1 Å². The Morgan fingerprint density at radius 3 is 2.36 bits per heavy atom. The molecule has 0 radical (unpaired) electrons. The van der Waals surface area contributed by atoms with Gasteiger partial charge in [0.05, 0.1) is 0 Å². The summed E-state index contributed by atoms with van der Waals surface area (Å²) in [6, 6.07) is 0.163. The van der Waals surface area contributed by atoms with E-state index in [2.05, 4.69) is 5.32 Å². The Balaban J connectivity index is 1.65. The molecule has 1 aliphatic heterocycles. The highest BCUT2D eigenvalue weighted by molar-refractivity contribution is 6.30. The number of carbonyl (C=O) groups excluding carboxylic acids is 2. The van der Waals surface area contributed by atoms with Gasteiger partial charge in [0.2, 0.25) is 11.8 Å². The molecule has 0 aromatic heterocycles. The molecule has 0 aromatic carbocycles. The van der Waals surface area contributed by atoms with E-state index >= 15 is 0 Å². The second-order valence-corrected chi connectivity index (χ2v) is 7.48. The minimum Gasteiger partial charge on any atom is -0.352 e. The number of hydrogen-bond acceptors (Lipinski definition) is 2. The Morgan fingerprint density at radius 1 is 1.14 bits per heavy atom. The number of nitrogens with one attached hydrogen (secondary N) is 1. The molecule has 2 aliphatic rings. The van der Waals surface area contributed by atoms with Crippen molar-refractivity contribution < 1.29 is 9.59 Å². The number of rotatable bonds is 5. The van der Waals surface area contributed by atoms with Gasteiger partial charge >= 0.3 is 0 Å². The van der Waals surface area contributed by atoms with Gasteiger partial charge < -0.3 is 10.2 Å². The lowest BCUT2D eigenvalue weighted by Crippen LogP contribution is -2.47. The summed E-state index contributed by atoms with van der Waals surface area (Å²) in [7, 11) is 0. The van der Waals surface area contributed by atoms with E-state index in [1.54, 1.807) is 6.92 Å². The van der Waals surface area contributed by atoms with Crippen molar-refractivity contribution in [3.63, 3.8) is 0 Å². The van der Waals surface area contributed by atoms with Crippen molar-refractivity contribution in [2.24, 2.45) is 5.92 Å². The quantitative estimate of drug-likeness (QED) is 0.788. The van der Waals surface area contributed by atoms with Crippen LogP contribution in [0.5, 0.6) is 0 Å². The van der Waals surface area contributed by atoms with Gasteiger partial charge in [-0.25, -0.2) is 0 Å². The fourth-order valence-corrected chi connectivity index (χ4v) is 3.61. The molecule has 2 amide bonds. The smallest absolute Gasteiger partial charge is 0.237 e. The SMILES string of the molecule is CC(Cl)C(=O)NC1CCN(C(=O)CCC2CCCCC2)CC1. The average molecular weight is 329 g/mol. The second-order valence-electron chi connectivity index (χ2n) is 6.82. The third-order valence-corrected chi connectivity index (χ3v) is 5.24. The van der Waals surface area contributed by atoms with E-state index in [1.165, 1.54) is 32.1 Å². The van der Waals surface area contributed by atoms with Gasteiger partial charge in [0.15, 0.2) is 0 Å². The first-order valence-corrected chi connectivity index (χ1v) is 9.22. The maximum absolute atomic E-state index is 12.3.